The molecule has 96 valence electrons. The van der Waals surface area contributed by atoms with Crippen LogP contribution in [0.2, 0.25) is 0 Å². The number of nitrogens with zero attached hydrogens (tertiary/aromatic N) is 2. The van der Waals surface area contributed by atoms with Gasteiger partial charge in [-0.3, -0.25) is 4.98 Å². The van der Waals surface area contributed by atoms with E-state index >= 15 is 0 Å². The molecule has 4 nitrogen and oxygen atoms in total. The topological polar surface area (TPSA) is 48.4 Å². The largest absolute Gasteiger partial charge is 0.395 e. The molecule has 0 radical (unpaired) electrons. The van der Waals surface area contributed by atoms with Crippen LogP contribution in [-0.2, 0) is 0 Å². The number of aliphatic hydroxyl groups excluding tert-OH is 1. The fraction of sp³-hybridized carbons (Fsp3) is 0.615. The highest BCUT2D eigenvalue weighted by molar-refractivity contribution is 5.55. The molecule has 0 atom stereocenters. The Labute approximate surface area is 104 Å². The first-order valence-electron chi connectivity index (χ1n) is 6.36. The zero-order chi connectivity index (χ0) is 12.5. The van der Waals surface area contributed by atoms with E-state index in [1.54, 1.807) is 0 Å². The summed E-state index contributed by atoms with van der Waals surface area (Å²) in [6, 6.07) is 2.09. The van der Waals surface area contributed by atoms with Crippen LogP contribution in [0.15, 0.2) is 18.5 Å². The lowest BCUT2D eigenvalue weighted by Crippen LogP contribution is -2.27. The highest BCUT2D eigenvalue weighted by Crippen LogP contribution is 2.17. The molecule has 17 heavy (non-hydrogen) atoms. The van der Waals surface area contributed by atoms with E-state index in [1.165, 1.54) is 0 Å². The summed E-state index contributed by atoms with van der Waals surface area (Å²) in [6.07, 6.45) is 5.84. The Bertz CT molecular complexity index is 311. The number of pyridine rings is 1. The lowest BCUT2D eigenvalue weighted by molar-refractivity contribution is 0.302. The highest BCUT2D eigenvalue weighted by atomic mass is 16.3. The summed E-state index contributed by atoms with van der Waals surface area (Å²) in [5.74, 6) is 0. The fourth-order valence-electron chi connectivity index (χ4n) is 1.73. The standard InChI is InChI=1S/C13H23N3O/c1-3-5-15-12-9-13(11-14-10-12)16(6-4-2)7-8-17/h9-11,15,17H,3-8H2,1-2H3. The molecule has 0 aliphatic carbocycles. The fourth-order valence-corrected chi connectivity index (χ4v) is 1.73. The predicted molar refractivity (Wildman–Crippen MR) is 72.6 cm³/mol. The van der Waals surface area contributed by atoms with Gasteiger partial charge >= 0.3 is 0 Å². The second-order valence-electron chi connectivity index (χ2n) is 4.07. The zero-order valence-corrected chi connectivity index (χ0v) is 10.8. The van der Waals surface area contributed by atoms with E-state index in [1.807, 2.05) is 12.4 Å². The van der Waals surface area contributed by atoms with Crippen LogP contribution >= 0.6 is 0 Å². The molecule has 1 rings (SSSR count). The first kappa shape index (κ1) is 13.8. The summed E-state index contributed by atoms with van der Waals surface area (Å²) in [4.78, 5) is 6.39. The van der Waals surface area contributed by atoms with Crippen molar-refractivity contribution in [3.8, 4) is 0 Å². The normalized spacial score (nSPS) is 10.3. The monoisotopic (exact) mass is 237 g/mol. The van der Waals surface area contributed by atoms with Gasteiger partial charge in [0, 0.05) is 19.6 Å². The maximum absolute atomic E-state index is 9.06. The summed E-state index contributed by atoms with van der Waals surface area (Å²) < 4.78 is 0. The van der Waals surface area contributed by atoms with Crippen molar-refractivity contribution in [1.82, 2.24) is 4.98 Å². The molecular formula is C13H23N3O. The van der Waals surface area contributed by atoms with Gasteiger partial charge in [-0.25, -0.2) is 0 Å². The van der Waals surface area contributed by atoms with Gasteiger partial charge in [-0.2, -0.15) is 0 Å². The summed E-state index contributed by atoms with van der Waals surface area (Å²) in [7, 11) is 0. The summed E-state index contributed by atoms with van der Waals surface area (Å²) in [6.45, 7) is 7.01. The molecular weight excluding hydrogens is 214 g/mol. The van der Waals surface area contributed by atoms with Crippen LogP contribution in [0.4, 0.5) is 11.4 Å². The van der Waals surface area contributed by atoms with Crippen molar-refractivity contribution < 1.29 is 5.11 Å². The molecule has 0 aromatic carbocycles. The van der Waals surface area contributed by atoms with Crippen molar-refractivity contribution in [1.29, 1.82) is 0 Å². The Balaban J connectivity index is 2.72. The van der Waals surface area contributed by atoms with Gasteiger partial charge in [0.05, 0.1) is 30.4 Å². The average molecular weight is 237 g/mol. The van der Waals surface area contributed by atoms with Crippen molar-refractivity contribution in [2.75, 3.05) is 36.5 Å². The van der Waals surface area contributed by atoms with Gasteiger partial charge in [0.15, 0.2) is 0 Å². The minimum absolute atomic E-state index is 0.173. The van der Waals surface area contributed by atoms with Crippen molar-refractivity contribution in [2.24, 2.45) is 0 Å². The molecule has 2 N–H and O–H groups in total. The van der Waals surface area contributed by atoms with Crippen molar-refractivity contribution >= 4 is 11.4 Å². The average Bonchev–Trinajstić information content (AvgIpc) is 2.36. The highest BCUT2D eigenvalue weighted by Gasteiger charge is 2.05. The molecule has 0 aliphatic heterocycles. The van der Waals surface area contributed by atoms with Gasteiger partial charge in [0.2, 0.25) is 0 Å². The van der Waals surface area contributed by atoms with E-state index in [0.717, 1.165) is 37.3 Å². The summed E-state index contributed by atoms with van der Waals surface area (Å²) in [5.41, 5.74) is 2.12. The van der Waals surface area contributed by atoms with E-state index in [-0.39, 0.29) is 6.61 Å². The minimum Gasteiger partial charge on any atom is -0.395 e. The quantitative estimate of drug-likeness (QED) is 0.727. The SMILES string of the molecule is CCCNc1cncc(N(CCC)CCO)c1. The second kappa shape index (κ2) is 7.90. The molecule has 1 aromatic heterocycles. The predicted octanol–water partition coefficient (Wildman–Crippen LogP) is 2.11. The number of aliphatic hydroxyl groups is 1. The Kier molecular flexibility index (Phi) is 6.40. The molecule has 0 unspecified atom stereocenters. The van der Waals surface area contributed by atoms with E-state index in [4.69, 9.17) is 5.11 Å². The first-order chi connectivity index (χ1) is 8.31. The van der Waals surface area contributed by atoms with Crippen LogP contribution in [0.25, 0.3) is 0 Å². The Morgan fingerprint density at radius 2 is 2.06 bits per heavy atom. The molecule has 0 amide bonds. The van der Waals surface area contributed by atoms with E-state index in [2.05, 4.69) is 35.1 Å². The molecule has 1 aromatic rings. The molecule has 0 fully saturated rings. The van der Waals surface area contributed by atoms with Crippen LogP contribution in [0.1, 0.15) is 26.7 Å². The van der Waals surface area contributed by atoms with E-state index in [9.17, 15) is 0 Å². The van der Waals surface area contributed by atoms with E-state index < -0.39 is 0 Å². The molecule has 4 heteroatoms. The van der Waals surface area contributed by atoms with Gasteiger partial charge in [0.1, 0.15) is 0 Å². The summed E-state index contributed by atoms with van der Waals surface area (Å²) in [5, 5.41) is 12.4. The van der Waals surface area contributed by atoms with Gasteiger partial charge in [-0.05, 0) is 18.9 Å². The molecule has 0 aliphatic rings. The van der Waals surface area contributed by atoms with Crippen LogP contribution in [0.5, 0.6) is 0 Å². The van der Waals surface area contributed by atoms with Crippen LogP contribution in [-0.4, -0.2) is 36.3 Å². The molecule has 0 spiro atoms. The number of hydrogen-bond donors (Lipinski definition) is 2. The third kappa shape index (κ3) is 4.61. The third-order valence-electron chi connectivity index (χ3n) is 2.53. The molecule has 1 heterocycles. The molecule has 0 saturated carbocycles. The van der Waals surface area contributed by atoms with Crippen molar-refractivity contribution in [2.45, 2.75) is 26.7 Å². The number of rotatable bonds is 8. The summed E-state index contributed by atoms with van der Waals surface area (Å²) >= 11 is 0. The number of nitrogens with one attached hydrogen (secondary N) is 1. The first-order valence-corrected chi connectivity index (χ1v) is 6.36. The molecule has 0 bridgehead atoms. The Hall–Kier alpha value is -1.29. The number of hydrogen-bond acceptors (Lipinski definition) is 4. The Morgan fingerprint density at radius 1 is 1.24 bits per heavy atom. The van der Waals surface area contributed by atoms with Crippen molar-refractivity contribution in [3.63, 3.8) is 0 Å². The lowest BCUT2D eigenvalue weighted by Gasteiger charge is -2.23. The van der Waals surface area contributed by atoms with Gasteiger partial charge in [-0.15, -0.1) is 0 Å². The zero-order valence-electron chi connectivity index (χ0n) is 10.8. The van der Waals surface area contributed by atoms with Gasteiger partial charge in [-0.1, -0.05) is 13.8 Å². The van der Waals surface area contributed by atoms with Crippen LogP contribution in [0, 0.1) is 0 Å². The molecule has 0 saturated heterocycles. The van der Waals surface area contributed by atoms with Crippen molar-refractivity contribution in [3.05, 3.63) is 18.5 Å². The Morgan fingerprint density at radius 3 is 2.71 bits per heavy atom. The second-order valence-corrected chi connectivity index (χ2v) is 4.07. The van der Waals surface area contributed by atoms with Crippen LogP contribution in [0.3, 0.4) is 0 Å². The van der Waals surface area contributed by atoms with Gasteiger partial charge < -0.3 is 15.3 Å². The third-order valence-corrected chi connectivity index (χ3v) is 2.53. The maximum atomic E-state index is 9.06. The van der Waals surface area contributed by atoms with E-state index in [0.29, 0.717) is 6.54 Å². The number of anilines is 2. The minimum atomic E-state index is 0.173. The van der Waals surface area contributed by atoms with Gasteiger partial charge in [0.25, 0.3) is 0 Å². The lowest BCUT2D eigenvalue weighted by atomic mass is 10.3. The number of aromatic nitrogens is 1. The maximum Gasteiger partial charge on any atom is 0.0606 e. The smallest absolute Gasteiger partial charge is 0.0606 e. The van der Waals surface area contributed by atoms with Crippen LogP contribution < -0.4 is 10.2 Å².